The van der Waals surface area contributed by atoms with Gasteiger partial charge in [-0.25, -0.2) is 0 Å². The van der Waals surface area contributed by atoms with Crippen molar-refractivity contribution in [2.24, 2.45) is 11.8 Å². The van der Waals surface area contributed by atoms with Gasteiger partial charge < -0.3 is 10.0 Å². The smallest absolute Gasteiger partial charge is 0.137 e. The summed E-state index contributed by atoms with van der Waals surface area (Å²) in [6, 6.07) is 34.8. The summed E-state index contributed by atoms with van der Waals surface area (Å²) in [4.78, 5) is 2.22. The van der Waals surface area contributed by atoms with E-state index in [1.807, 2.05) is 31.2 Å². The molecule has 4 aromatic carbocycles. The summed E-state index contributed by atoms with van der Waals surface area (Å²) in [7, 11) is 0. The summed E-state index contributed by atoms with van der Waals surface area (Å²) in [5.41, 5.74) is 10.8. The number of allylic oxidation sites excluding steroid dienone is 15. The van der Waals surface area contributed by atoms with Crippen molar-refractivity contribution in [3.8, 4) is 0 Å². The molecule has 8 rings (SSSR count). The number of nitrogens with zero attached hydrogens (tertiary/aromatic N) is 1. The van der Waals surface area contributed by atoms with E-state index in [1.165, 1.54) is 11.1 Å². The van der Waals surface area contributed by atoms with Gasteiger partial charge in [0.25, 0.3) is 0 Å². The summed E-state index contributed by atoms with van der Waals surface area (Å²) < 4.78 is 0. The number of benzene rings is 4. The lowest BCUT2D eigenvalue weighted by Crippen LogP contribution is -2.46. The molecule has 0 aliphatic heterocycles. The van der Waals surface area contributed by atoms with Crippen molar-refractivity contribution in [3.05, 3.63) is 251 Å². The molecule has 1 N–H and O–H groups in total. The molecule has 4 aliphatic rings. The molecule has 4 aromatic rings. The van der Waals surface area contributed by atoms with E-state index in [0.29, 0.717) is 5.92 Å². The van der Waals surface area contributed by atoms with Gasteiger partial charge in [-0.3, -0.25) is 0 Å². The van der Waals surface area contributed by atoms with Gasteiger partial charge in [0.15, 0.2) is 0 Å². The Morgan fingerprint density at radius 3 is 2.07 bits per heavy atom. The number of hydrogen-bond donors (Lipinski definition) is 1. The monoisotopic (exact) mass is 715 g/mol. The van der Waals surface area contributed by atoms with E-state index in [-0.39, 0.29) is 11.8 Å². The SMILES string of the molecule is C=C/C=C\C(=C(/C)C1(O)c2ccccc2C2(c3ccccc3[C@H]3C=CC=CC32)c2ccccc21)c1ccc(N(C(=C)/C=C\C=C/C)C2=CC(C)CC=C2)cc1. The van der Waals surface area contributed by atoms with Crippen molar-refractivity contribution >= 4 is 11.3 Å². The van der Waals surface area contributed by atoms with Crippen molar-refractivity contribution in [3.63, 3.8) is 0 Å². The summed E-state index contributed by atoms with van der Waals surface area (Å²) in [5, 5.41) is 13.7. The Hall–Kier alpha value is -5.96. The van der Waals surface area contributed by atoms with E-state index in [4.69, 9.17) is 0 Å². The molecule has 0 aromatic heterocycles. The van der Waals surface area contributed by atoms with Gasteiger partial charge >= 0.3 is 0 Å². The fourth-order valence-electron chi connectivity index (χ4n) is 9.66. The highest BCUT2D eigenvalue weighted by Gasteiger charge is 2.59. The Morgan fingerprint density at radius 2 is 1.42 bits per heavy atom. The van der Waals surface area contributed by atoms with Gasteiger partial charge in [-0.1, -0.05) is 178 Å². The average Bonchev–Trinajstić information content (AvgIpc) is 3.51. The maximum atomic E-state index is 13.7. The van der Waals surface area contributed by atoms with Crippen molar-refractivity contribution in [1.29, 1.82) is 0 Å². The molecule has 0 heterocycles. The van der Waals surface area contributed by atoms with Crippen LogP contribution in [0.4, 0.5) is 5.69 Å². The number of rotatable bonds is 9. The van der Waals surface area contributed by atoms with Crippen LogP contribution in [0.25, 0.3) is 5.57 Å². The lowest BCUT2D eigenvalue weighted by Gasteiger charge is -2.49. The van der Waals surface area contributed by atoms with Crippen LogP contribution in [0, 0.1) is 11.8 Å². The topological polar surface area (TPSA) is 23.5 Å². The van der Waals surface area contributed by atoms with E-state index < -0.39 is 11.0 Å². The van der Waals surface area contributed by atoms with E-state index in [0.717, 1.165) is 62.5 Å². The average molecular weight is 716 g/mol. The molecule has 2 heteroatoms. The highest BCUT2D eigenvalue weighted by Crippen LogP contribution is 2.65. The van der Waals surface area contributed by atoms with Gasteiger partial charge in [0.1, 0.15) is 5.60 Å². The van der Waals surface area contributed by atoms with E-state index in [1.54, 1.807) is 6.08 Å². The van der Waals surface area contributed by atoms with Crippen LogP contribution in [0.5, 0.6) is 0 Å². The lowest BCUT2D eigenvalue weighted by molar-refractivity contribution is 0.112. The van der Waals surface area contributed by atoms with Crippen LogP contribution in [0.15, 0.2) is 212 Å². The van der Waals surface area contributed by atoms with Crippen LogP contribution in [-0.4, -0.2) is 5.11 Å². The third-order valence-corrected chi connectivity index (χ3v) is 12.0. The maximum Gasteiger partial charge on any atom is 0.137 e. The summed E-state index contributed by atoms with van der Waals surface area (Å²) in [5.74, 6) is 0.846. The maximum absolute atomic E-state index is 13.7. The second-order valence-corrected chi connectivity index (χ2v) is 15.1. The zero-order chi connectivity index (χ0) is 38.2. The first-order chi connectivity index (χ1) is 26.8. The predicted molar refractivity (Wildman–Crippen MR) is 232 cm³/mol. The van der Waals surface area contributed by atoms with Crippen LogP contribution in [0.1, 0.15) is 72.1 Å². The number of hydrogen-bond acceptors (Lipinski definition) is 2. The summed E-state index contributed by atoms with van der Waals surface area (Å²) >= 11 is 0. The largest absolute Gasteiger partial charge is 0.376 e. The molecule has 0 radical (unpaired) electrons. The number of fused-ring (bicyclic) bond motifs is 9. The zero-order valence-corrected chi connectivity index (χ0v) is 32.1. The van der Waals surface area contributed by atoms with Gasteiger partial charge in [0.2, 0.25) is 0 Å². The molecular formula is C53H49NO. The molecular weight excluding hydrogens is 667 g/mol. The highest BCUT2D eigenvalue weighted by atomic mass is 16.3. The third-order valence-electron chi connectivity index (χ3n) is 12.0. The fraction of sp³-hybridized carbons (Fsp3) is 0.170. The van der Waals surface area contributed by atoms with Gasteiger partial charge in [-0.2, -0.15) is 0 Å². The van der Waals surface area contributed by atoms with Gasteiger partial charge in [0.05, 0.1) is 5.41 Å². The molecule has 272 valence electrons. The first kappa shape index (κ1) is 36.0. The Morgan fingerprint density at radius 1 is 0.782 bits per heavy atom. The van der Waals surface area contributed by atoms with E-state index in [2.05, 4.69) is 184 Å². The molecule has 0 bridgehead atoms. The molecule has 0 saturated heterocycles. The van der Waals surface area contributed by atoms with Crippen LogP contribution in [0.3, 0.4) is 0 Å². The predicted octanol–water partition coefficient (Wildman–Crippen LogP) is 12.6. The van der Waals surface area contributed by atoms with Crippen molar-refractivity contribution in [1.82, 2.24) is 0 Å². The molecule has 2 nitrogen and oxygen atoms in total. The minimum absolute atomic E-state index is 0.168. The molecule has 0 amide bonds. The minimum Gasteiger partial charge on any atom is -0.376 e. The zero-order valence-electron chi connectivity index (χ0n) is 32.1. The molecule has 4 aliphatic carbocycles. The lowest BCUT2D eigenvalue weighted by atomic mass is 9.54. The number of aliphatic hydroxyl groups is 1. The third kappa shape index (κ3) is 5.75. The highest BCUT2D eigenvalue weighted by molar-refractivity contribution is 5.82. The van der Waals surface area contributed by atoms with Crippen LogP contribution < -0.4 is 4.90 Å². The van der Waals surface area contributed by atoms with Crippen LogP contribution >= 0.6 is 0 Å². The van der Waals surface area contributed by atoms with E-state index in [9.17, 15) is 5.11 Å². The Kier molecular flexibility index (Phi) is 9.63. The Balaban J connectivity index is 1.31. The first-order valence-electron chi connectivity index (χ1n) is 19.5. The first-order valence-corrected chi connectivity index (χ1v) is 19.5. The molecule has 0 saturated carbocycles. The van der Waals surface area contributed by atoms with Gasteiger partial charge in [-0.05, 0) is 101 Å². The quantitative estimate of drug-likeness (QED) is 0.174. The fourth-order valence-corrected chi connectivity index (χ4v) is 9.66. The summed E-state index contributed by atoms with van der Waals surface area (Å²) in [6.45, 7) is 14.8. The van der Waals surface area contributed by atoms with Crippen molar-refractivity contribution in [2.45, 2.75) is 44.1 Å². The van der Waals surface area contributed by atoms with E-state index >= 15 is 0 Å². The number of anilines is 1. The van der Waals surface area contributed by atoms with Gasteiger partial charge in [0, 0.05) is 28.9 Å². The molecule has 0 fully saturated rings. The second kappa shape index (κ2) is 14.7. The van der Waals surface area contributed by atoms with Gasteiger partial charge in [-0.15, -0.1) is 0 Å². The molecule has 2 unspecified atom stereocenters. The van der Waals surface area contributed by atoms with Crippen LogP contribution in [0.2, 0.25) is 0 Å². The normalized spacial score (nSPS) is 25.1. The van der Waals surface area contributed by atoms with Crippen LogP contribution in [-0.2, 0) is 11.0 Å². The Labute approximate surface area is 327 Å². The Bertz CT molecular complexity index is 2360. The minimum atomic E-state index is -1.41. The van der Waals surface area contributed by atoms with Crippen molar-refractivity contribution in [2.75, 3.05) is 4.90 Å². The summed E-state index contributed by atoms with van der Waals surface area (Å²) in [6.07, 6.45) is 30.9. The second-order valence-electron chi connectivity index (χ2n) is 15.1. The van der Waals surface area contributed by atoms with Crippen molar-refractivity contribution < 1.29 is 5.11 Å². The molecule has 3 atom stereocenters. The standard InChI is InChI=1S/C53H49NO/c1-6-8-10-21-38(4)54(42-22-19-20-37(3)36-42)41-34-32-40(33-35-41)43(23-9-7-2)39(5)53(55)50-30-17-15-28-48(50)52(49-29-16-18-31-51(49)53)46-26-13-11-24-44(46)45-25-12-14-27-47(45)52/h6-19,21-37,44,46,55H,2,4,20H2,1,3,5H3/b8-6-,21-10-,23-9-,43-39-/t37?,44-,46?,52?,53?/m1/s1. The molecule has 55 heavy (non-hydrogen) atoms. The molecule has 1 spiro atoms.